The van der Waals surface area contributed by atoms with Crippen molar-refractivity contribution < 1.29 is 0 Å². The first-order valence-corrected chi connectivity index (χ1v) is 3.61. The number of terminal acetylenes is 1. The zero-order valence-electron chi connectivity index (χ0n) is 6.68. The smallest absolute Gasteiger partial charge is 0.199 e. The van der Waals surface area contributed by atoms with Crippen LogP contribution in [0.2, 0.25) is 0 Å². The van der Waals surface area contributed by atoms with Gasteiger partial charge in [-0.15, -0.1) is 11.5 Å². The highest BCUT2D eigenvalue weighted by Gasteiger charge is 2.01. The summed E-state index contributed by atoms with van der Waals surface area (Å²) in [6, 6.07) is 0. The number of hydrogen-bond acceptors (Lipinski definition) is 5. The molecule has 0 radical (unpaired) electrons. The standard InChI is InChI=1S/C7H6N6/c1-2-3-9-6-4-8-5-7-10-11-12-13(6)7/h1,4-5,9H,3H2. The minimum Gasteiger partial charge on any atom is -0.358 e. The number of nitrogens with zero attached hydrogens (tertiary/aromatic N) is 5. The van der Waals surface area contributed by atoms with Crippen molar-refractivity contribution in [2.45, 2.75) is 0 Å². The Morgan fingerprint density at radius 2 is 2.46 bits per heavy atom. The minimum atomic E-state index is 0.417. The van der Waals surface area contributed by atoms with E-state index >= 15 is 0 Å². The lowest BCUT2D eigenvalue weighted by atomic mass is 10.6. The molecule has 64 valence electrons. The first-order chi connectivity index (χ1) is 6.42. The van der Waals surface area contributed by atoms with E-state index in [1.165, 1.54) is 4.52 Å². The molecule has 2 aromatic rings. The molecule has 6 heteroatoms. The Hall–Kier alpha value is -2.16. The van der Waals surface area contributed by atoms with E-state index in [1.54, 1.807) is 12.4 Å². The van der Waals surface area contributed by atoms with Gasteiger partial charge in [-0.05, 0) is 10.4 Å². The van der Waals surface area contributed by atoms with Crippen LogP contribution in [0.1, 0.15) is 0 Å². The van der Waals surface area contributed by atoms with Crippen molar-refractivity contribution in [3.63, 3.8) is 0 Å². The molecule has 0 aliphatic heterocycles. The summed E-state index contributed by atoms with van der Waals surface area (Å²) in [5.41, 5.74) is 0.585. The van der Waals surface area contributed by atoms with Gasteiger partial charge in [0.25, 0.3) is 0 Å². The third kappa shape index (κ3) is 1.27. The molecule has 2 aromatic heterocycles. The van der Waals surface area contributed by atoms with Gasteiger partial charge in [0.05, 0.1) is 18.9 Å². The summed E-state index contributed by atoms with van der Waals surface area (Å²) in [5, 5.41) is 13.9. The Morgan fingerprint density at radius 1 is 1.54 bits per heavy atom. The van der Waals surface area contributed by atoms with Crippen LogP contribution in [-0.4, -0.2) is 31.6 Å². The highest BCUT2D eigenvalue weighted by Crippen LogP contribution is 2.04. The largest absolute Gasteiger partial charge is 0.358 e. The van der Waals surface area contributed by atoms with Crippen LogP contribution >= 0.6 is 0 Å². The van der Waals surface area contributed by atoms with Gasteiger partial charge in [0.15, 0.2) is 11.5 Å². The fraction of sp³-hybridized carbons (Fsp3) is 0.143. The number of anilines is 1. The maximum absolute atomic E-state index is 5.10. The molecule has 0 amide bonds. The molecule has 13 heavy (non-hydrogen) atoms. The Balaban J connectivity index is 2.44. The first-order valence-electron chi connectivity index (χ1n) is 3.61. The summed E-state index contributed by atoms with van der Waals surface area (Å²) in [4.78, 5) is 3.94. The molecule has 1 N–H and O–H groups in total. The zero-order valence-corrected chi connectivity index (χ0v) is 6.68. The molecule has 0 saturated heterocycles. The van der Waals surface area contributed by atoms with Crippen LogP contribution in [0.25, 0.3) is 5.65 Å². The summed E-state index contributed by atoms with van der Waals surface area (Å²) in [5.74, 6) is 3.13. The highest BCUT2D eigenvalue weighted by atomic mass is 15.5. The topological polar surface area (TPSA) is 68.0 Å². The van der Waals surface area contributed by atoms with Crippen LogP contribution in [-0.2, 0) is 0 Å². The molecule has 0 aliphatic rings. The molecule has 0 fully saturated rings. The van der Waals surface area contributed by atoms with Crippen molar-refractivity contribution in [2.75, 3.05) is 11.9 Å². The third-order valence-electron chi connectivity index (χ3n) is 1.48. The van der Waals surface area contributed by atoms with Gasteiger partial charge in [-0.1, -0.05) is 5.92 Å². The zero-order chi connectivity index (χ0) is 9.10. The Labute approximate surface area is 74.0 Å². The predicted molar refractivity (Wildman–Crippen MR) is 45.9 cm³/mol. The molecule has 0 unspecified atom stereocenters. The monoisotopic (exact) mass is 174 g/mol. The lowest BCUT2D eigenvalue weighted by molar-refractivity contribution is 0.823. The van der Waals surface area contributed by atoms with Gasteiger partial charge in [0.2, 0.25) is 0 Å². The van der Waals surface area contributed by atoms with Crippen LogP contribution < -0.4 is 5.32 Å². The maximum atomic E-state index is 5.10. The molecule has 0 spiro atoms. The number of fused-ring (bicyclic) bond motifs is 1. The van der Waals surface area contributed by atoms with E-state index in [4.69, 9.17) is 6.42 Å². The molecular formula is C7H6N6. The van der Waals surface area contributed by atoms with Crippen molar-refractivity contribution in [3.8, 4) is 12.3 Å². The lowest BCUT2D eigenvalue weighted by Crippen LogP contribution is -2.05. The average molecular weight is 174 g/mol. The number of nitrogens with one attached hydrogen (secondary N) is 1. The van der Waals surface area contributed by atoms with E-state index in [-0.39, 0.29) is 0 Å². The molecule has 2 heterocycles. The second-order valence-corrected chi connectivity index (χ2v) is 2.30. The Morgan fingerprint density at radius 3 is 3.31 bits per heavy atom. The summed E-state index contributed by atoms with van der Waals surface area (Å²) >= 11 is 0. The van der Waals surface area contributed by atoms with Crippen molar-refractivity contribution in [1.82, 2.24) is 25.0 Å². The second-order valence-electron chi connectivity index (χ2n) is 2.30. The van der Waals surface area contributed by atoms with Crippen molar-refractivity contribution in [1.29, 1.82) is 0 Å². The molecule has 0 bridgehead atoms. The van der Waals surface area contributed by atoms with Gasteiger partial charge in [-0.25, -0.2) is 0 Å². The van der Waals surface area contributed by atoms with Crippen molar-refractivity contribution in [3.05, 3.63) is 12.4 Å². The van der Waals surface area contributed by atoms with Gasteiger partial charge in [-0.3, -0.25) is 4.98 Å². The van der Waals surface area contributed by atoms with Crippen LogP contribution in [0.4, 0.5) is 5.82 Å². The van der Waals surface area contributed by atoms with Crippen LogP contribution in [0.15, 0.2) is 12.4 Å². The highest BCUT2D eigenvalue weighted by molar-refractivity contribution is 5.44. The van der Waals surface area contributed by atoms with E-state index in [0.717, 1.165) is 0 Å². The molecule has 0 aliphatic carbocycles. The van der Waals surface area contributed by atoms with Gasteiger partial charge in [0, 0.05) is 0 Å². The van der Waals surface area contributed by atoms with Crippen LogP contribution in [0.5, 0.6) is 0 Å². The van der Waals surface area contributed by atoms with Crippen LogP contribution in [0, 0.1) is 12.3 Å². The fourth-order valence-corrected chi connectivity index (χ4v) is 0.937. The normalized spacial score (nSPS) is 9.77. The second kappa shape index (κ2) is 3.06. The summed E-state index contributed by atoms with van der Waals surface area (Å²) in [6.45, 7) is 0.417. The molecule has 6 nitrogen and oxygen atoms in total. The summed E-state index contributed by atoms with van der Waals surface area (Å²) < 4.78 is 1.53. The third-order valence-corrected chi connectivity index (χ3v) is 1.48. The molecule has 0 saturated carbocycles. The molecule has 2 rings (SSSR count). The van der Waals surface area contributed by atoms with Crippen molar-refractivity contribution in [2.24, 2.45) is 0 Å². The minimum absolute atomic E-state index is 0.417. The number of tetrazole rings is 1. The fourth-order valence-electron chi connectivity index (χ4n) is 0.937. The first kappa shape index (κ1) is 7.49. The Kier molecular flexibility index (Phi) is 1.77. The van der Waals surface area contributed by atoms with Gasteiger partial charge in [-0.2, -0.15) is 4.52 Å². The number of hydrogen-bond donors (Lipinski definition) is 1. The van der Waals surface area contributed by atoms with Gasteiger partial charge >= 0.3 is 0 Å². The van der Waals surface area contributed by atoms with Crippen LogP contribution in [0.3, 0.4) is 0 Å². The molecule has 0 aromatic carbocycles. The summed E-state index contributed by atoms with van der Waals surface area (Å²) in [7, 11) is 0. The van der Waals surface area contributed by atoms with E-state index in [9.17, 15) is 0 Å². The van der Waals surface area contributed by atoms with E-state index in [1.807, 2.05) is 0 Å². The van der Waals surface area contributed by atoms with E-state index in [0.29, 0.717) is 18.0 Å². The molecular weight excluding hydrogens is 168 g/mol. The maximum Gasteiger partial charge on any atom is 0.199 e. The van der Waals surface area contributed by atoms with Gasteiger partial charge < -0.3 is 5.32 Å². The van der Waals surface area contributed by atoms with Crippen molar-refractivity contribution >= 4 is 11.5 Å². The quantitative estimate of drug-likeness (QED) is 0.625. The van der Waals surface area contributed by atoms with Gasteiger partial charge in [0.1, 0.15) is 0 Å². The SMILES string of the molecule is C#CCNc1cncc2nnnn12. The predicted octanol–water partition coefficient (Wildman–Crippen LogP) is -0.436. The average Bonchev–Trinajstić information content (AvgIpc) is 2.62. The summed E-state index contributed by atoms with van der Waals surface area (Å²) in [6.07, 6.45) is 8.28. The molecule has 0 atom stereocenters. The number of aromatic nitrogens is 5. The number of rotatable bonds is 2. The van der Waals surface area contributed by atoms with E-state index < -0.39 is 0 Å². The Bertz CT molecular complexity index is 453. The van der Waals surface area contributed by atoms with E-state index in [2.05, 4.69) is 31.7 Å². The lowest BCUT2D eigenvalue weighted by Gasteiger charge is -2.01.